The number of carbonyl (C=O) groups is 2. The molecule has 0 aromatic carbocycles. The van der Waals surface area contributed by atoms with E-state index in [0.29, 0.717) is 43.3 Å². The summed E-state index contributed by atoms with van der Waals surface area (Å²) in [5, 5.41) is 2.90. The zero-order valence-electron chi connectivity index (χ0n) is 21.9. The van der Waals surface area contributed by atoms with Crippen LogP contribution in [0.2, 0.25) is 0 Å². The summed E-state index contributed by atoms with van der Waals surface area (Å²) in [4.78, 5) is 38.4. The highest BCUT2D eigenvalue weighted by molar-refractivity contribution is 6.05. The molecule has 2 aliphatic rings. The van der Waals surface area contributed by atoms with E-state index in [9.17, 15) is 9.59 Å². The fourth-order valence-electron chi connectivity index (χ4n) is 4.38. The Morgan fingerprint density at radius 1 is 1.08 bits per heavy atom. The number of nitrogens with zero attached hydrogens (tertiary/aromatic N) is 5. The van der Waals surface area contributed by atoms with Gasteiger partial charge in [0.05, 0.1) is 29.2 Å². The quantitative estimate of drug-likeness (QED) is 0.551. The number of aryl methyl sites for hydroxylation is 1. The van der Waals surface area contributed by atoms with Crippen LogP contribution in [0.15, 0.2) is 36.8 Å². The molecule has 10 heteroatoms. The summed E-state index contributed by atoms with van der Waals surface area (Å²) >= 11 is 0. The average Bonchev–Trinajstić information content (AvgIpc) is 3.19. The van der Waals surface area contributed by atoms with Crippen molar-refractivity contribution in [2.24, 2.45) is 0 Å². The minimum atomic E-state index is -0.508. The van der Waals surface area contributed by atoms with Crippen LogP contribution in [0.3, 0.4) is 0 Å². The first-order chi connectivity index (χ1) is 17.6. The molecule has 0 unspecified atom stereocenters. The summed E-state index contributed by atoms with van der Waals surface area (Å²) in [7, 11) is 0. The zero-order chi connectivity index (χ0) is 26.2. The minimum Gasteiger partial charge on any atom is -0.489 e. The predicted molar refractivity (Wildman–Crippen MR) is 140 cm³/mol. The standard InChI is InChI=1S/C27H34N6O4/c1-18-16-33-17-21(22(14-24(33)29-18)36-20-6-5-7-20)25(34)30-23-9-8-19(15-28-23)31-10-12-32(13-11-31)26(35)37-27(2,3)4/h8-9,14-17,20H,5-7,10-13H2,1-4H3,(H,28,30,34). The van der Waals surface area contributed by atoms with Gasteiger partial charge >= 0.3 is 6.09 Å². The molecule has 0 radical (unpaired) electrons. The molecule has 10 nitrogen and oxygen atoms in total. The number of rotatable bonds is 5. The molecule has 2 fully saturated rings. The highest BCUT2D eigenvalue weighted by Gasteiger charge is 2.26. The topological polar surface area (TPSA) is 101 Å². The van der Waals surface area contributed by atoms with Gasteiger partial charge < -0.3 is 29.0 Å². The molecule has 4 heterocycles. The summed E-state index contributed by atoms with van der Waals surface area (Å²) in [6.07, 6.45) is 8.37. The van der Waals surface area contributed by atoms with Crippen molar-refractivity contribution in [1.29, 1.82) is 0 Å². The maximum Gasteiger partial charge on any atom is 0.410 e. The van der Waals surface area contributed by atoms with E-state index in [4.69, 9.17) is 9.47 Å². The molecule has 196 valence electrons. The Morgan fingerprint density at radius 3 is 2.46 bits per heavy atom. The summed E-state index contributed by atoms with van der Waals surface area (Å²) in [5.74, 6) is 0.714. The fourth-order valence-corrected chi connectivity index (χ4v) is 4.38. The highest BCUT2D eigenvalue weighted by Crippen LogP contribution is 2.29. The van der Waals surface area contributed by atoms with Crippen LogP contribution in [0, 0.1) is 6.92 Å². The fraction of sp³-hybridized carbons (Fsp3) is 0.481. The van der Waals surface area contributed by atoms with Crippen molar-refractivity contribution in [2.45, 2.75) is 58.7 Å². The van der Waals surface area contributed by atoms with Crippen molar-refractivity contribution < 1.29 is 19.1 Å². The molecule has 1 saturated heterocycles. The van der Waals surface area contributed by atoms with Gasteiger partial charge in [-0.15, -0.1) is 0 Å². The first-order valence-electron chi connectivity index (χ1n) is 12.8. The van der Waals surface area contributed by atoms with Crippen LogP contribution in [0.1, 0.15) is 56.1 Å². The predicted octanol–water partition coefficient (Wildman–Crippen LogP) is 4.28. The maximum absolute atomic E-state index is 13.2. The summed E-state index contributed by atoms with van der Waals surface area (Å²) in [6.45, 7) is 10.0. The van der Waals surface area contributed by atoms with E-state index in [1.165, 1.54) is 0 Å². The zero-order valence-corrected chi connectivity index (χ0v) is 21.9. The number of hydrogen-bond donors (Lipinski definition) is 1. The number of anilines is 2. The Morgan fingerprint density at radius 2 is 1.84 bits per heavy atom. The van der Waals surface area contributed by atoms with Gasteiger partial charge in [0.15, 0.2) is 0 Å². The molecule has 1 N–H and O–H groups in total. The van der Waals surface area contributed by atoms with Crippen LogP contribution >= 0.6 is 0 Å². The summed E-state index contributed by atoms with van der Waals surface area (Å²) < 4.78 is 13.4. The molecule has 3 aromatic rings. The van der Waals surface area contributed by atoms with Crippen LogP contribution < -0.4 is 15.0 Å². The van der Waals surface area contributed by atoms with Crippen molar-refractivity contribution in [3.05, 3.63) is 48.0 Å². The average molecular weight is 507 g/mol. The molecule has 1 aliphatic heterocycles. The first kappa shape index (κ1) is 24.9. The van der Waals surface area contributed by atoms with Gasteiger partial charge in [0.1, 0.15) is 22.8 Å². The van der Waals surface area contributed by atoms with E-state index in [2.05, 4.69) is 20.2 Å². The summed E-state index contributed by atoms with van der Waals surface area (Å²) in [5.41, 5.74) is 2.49. The van der Waals surface area contributed by atoms with E-state index in [1.807, 2.05) is 50.4 Å². The number of nitrogens with one attached hydrogen (secondary N) is 1. The number of imidazole rings is 1. The number of pyridine rings is 2. The number of fused-ring (bicyclic) bond motifs is 1. The van der Waals surface area contributed by atoms with Gasteiger partial charge in [-0.3, -0.25) is 4.79 Å². The largest absolute Gasteiger partial charge is 0.489 e. The Labute approximate surface area is 216 Å². The third-order valence-electron chi connectivity index (χ3n) is 6.55. The van der Waals surface area contributed by atoms with Crippen LogP contribution in [0.4, 0.5) is 16.3 Å². The Kier molecular flexibility index (Phi) is 6.66. The molecular weight excluding hydrogens is 472 g/mol. The van der Waals surface area contributed by atoms with Gasteiger partial charge in [0, 0.05) is 44.6 Å². The maximum atomic E-state index is 13.2. The van der Waals surface area contributed by atoms with Crippen molar-refractivity contribution in [3.63, 3.8) is 0 Å². The molecule has 1 saturated carbocycles. The van der Waals surface area contributed by atoms with Gasteiger partial charge in [-0.25, -0.2) is 14.8 Å². The Hall–Kier alpha value is -3.82. The monoisotopic (exact) mass is 506 g/mol. The Balaban J connectivity index is 1.23. The second-order valence-corrected chi connectivity index (χ2v) is 10.7. The van der Waals surface area contributed by atoms with Gasteiger partial charge in [0.2, 0.25) is 0 Å². The third kappa shape index (κ3) is 5.79. The normalized spacial score (nSPS) is 16.4. The van der Waals surface area contributed by atoms with Crippen LogP contribution in [-0.4, -0.2) is 69.2 Å². The SMILES string of the molecule is Cc1cn2cc(C(=O)Nc3ccc(N4CCN(C(=O)OC(C)(C)C)CC4)cn3)c(OC3CCC3)cc2n1. The van der Waals surface area contributed by atoms with Crippen molar-refractivity contribution in [3.8, 4) is 5.75 Å². The number of amides is 2. The smallest absolute Gasteiger partial charge is 0.410 e. The molecule has 3 aromatic heterocycles. The molecule has 0 spiro atoms. The second kappa shape index (κ2) is 9.91. The van der Waals surface area contributed by atoms with Gasteiger partial charge in [0.25, 0.3) is 5.91 Å². The summed E-state index contributed by atoms with van der Waals surface area (Å²) in [6, 6.07) is 5.55. The van der Waals surface area contributed by atoms with E-state index >= 15 is 0 Å². The van der Waals surface area contributed by atoms with Gasteiger partial charge in [-0.2, -0.15) is 0 Å². The molecule has 1 aliphatic carbocycles. The lowest BCUT2D eigenvalue weighted by Gasteiger charge is -2.36. The van der Waals surface area contributed by atoms with E-state index in [-0.39, 0.29) is 18.1 Å². The number of piperazine rings is 1. The van der Waals surface area contributed by atoms with Crippen molar-refractivity contribution in [1.82, 2.24) is 19.3 Å². The van der Waals surface area contributed by atoms with Gasteiger partial charge in [-0.1, -0.05) is 0 Å². The lowest BCUT2D eigenvalue weighted by Crippen LogP contribution is -2.50. The second-order valence-electron chi connectivity index (χ2n) is 10.7. The molecule has 0 bridgehead atoms. The van der Waals surface area contributed by atoms with Crippen LogP contribution in [0.25, 0.3) is 5.65 Å². The lowest BCUT2D eigenvalue weighted by atomic mass is 9.96. The third-order valence-corrected chi connectivity index (χ3v) is 6.55. The van der Waals surface area contributed by atoms with Crippen molar-refractivity contribution in [2.75, 3.05) is 36.4 Å². The number of aromatic nitrogens is 3. The van der Waals surface area contributed by atoms with Crippen LogP contribution in [-0.2, 0) is 4.74 Å². The lowest BCUT2D eigenvalue weighted by molar-refractivity contribution is 0.0240. The van der Waals surface area contributed by atoms with E-state index in [0.717, 1.165) is 36.3 Å². The van der Waals surface area contributed by atoms with Gasteiger partial charge in [-0.05, 0) is 59.1 Å². The number of ether oxygens (including phenoxy) is 2. The molecular formula is C27H34N6O4. The minimum absolute atomic E-state index is 0.137. The van der Waals surface area contributed by atoms with Crippen molar-refractivity contribution >= 4 is 29.2 Å². The molecule has 5 rings (SSSR count). The number of carbonyl (C=O) groups excluding carboxylic acids is 2. The number of hydrogen-bond acceptors (Lipinski definition) is 7. The molecule has 37 heavy (non-hydrogen) atoms. The van der Waals surface area contributed by atoms with E-state index < -0.39 is 5.60 Å². The van der Waals surface area contributed by atoms with Crippen LogP contribution in [0.5, 0.6) is 5.75 Å². The van der Waals surface area contributed by atoms with E-state index in [1.54, 1.807) is 23.4 Å². The molecule has 0 atom stereocenters. The highest BCUT2D eigenvalue weighted by atomic mass is 16.6. The first-order valence-corrected chi connectivity index (χ1v) is 12.8. The molecule has 2 amide bonds. The Bertz CT molecular complexity index is 1280.